The summed E-state index contributed by atoms with van der Waals surface area (Å²) in [5.41, 5.74) is 2.19. The van der Waals surface area contributed by atoms with Crippen LogP contribution in [0.4, 0.5) is 5.69 Å². The van der Waals surface area contributed by atoms with Crippen molar-refractivity contribution in [1.82, 2.24) is 10.2 Å². The molecule has 1 fully saturated rings. The molecular formula is C16H25N3O. The number of amides is 1. The molecule has 4 heteroatoms. The summed E-state index contributed by atoms with van der Waals surface area (Å²) in [5, 5.41) is 6.11. The van der Waals surface area contributed by atoms with E-state index in [1.807, 2.05) is 25.2 Å². The number of benzene rings is 1. The number of para-hydroxylation sites is 1. The number of rotatable bonds is 7. The second-order valence-electron chi connectivity index (χ2n) is 5.40. The Bertz CT molecular complexity index is 427. The second kappa shape index (κ2) is 8.02. The van der Waals surface area contributed by atoms with Gasteiger partial charge in [-0.2, -0.15) is 0 Å². The molecule has 0 aliphatic carbocycles. The van der Waals surface area contributed by atoms with E-state index in [0.29, 0.717) is 6.42 Å². The molecule has 4 nitrogen and oxygen atoms in total. The Kier molecular flexibility index (Phi) is 6.02. The minimum atomic E-state index is 0.106. The number of likely N-dealkylation sites (tertiary alicyclic amines) is 1. The zero-order valence-corrected chi connectivity index (χ0v) is 12.3. The van der Waals surface area contributed by atoms with Gasteiger partial charge in [0.2, 0.25) is 5.91 Å². The Morgan fingerprint density at radius 2 is 2.00 bits per heavy atom. The Morgan fingerprint density at radius 3 is 2.75 bits per heavy atom. The Balaban J connectivity index is 1.91. The highest BCUT2D eigenvalue weighted by Crippen LogP contribution is 2.20. The van der Waals surface area contributed by atoms with Gasteiger partial charge in [0.05, 0.1) is 0 Å². The zero-order chi connectivity index (χ0) is 14.2. The molecule has 0 bridgehead atoms. The van der Waals surface area contributed by atoms with Gasteiger partial charge in [-0.05, 0) is 57.6 Å². The number of carbonyl (C=O) groups is 1. The number of hydrogen-bond donors (Lipinski definition) is 2. The fourth-order valence-corrected chi connectivity index (χ4v) is 2.60. The number of carbonyl (C=O) groups excluding carboxylic acids is 1. The van der Waals surface area contributed by atoms with Crippen molar-refractivity contribution in [2.24, 2.45) is 0 Å². The molecule has 1 saturated heterocycles. The Morgan fingerprint density at radius 1 is 1.25 bits per heavy atom. The van der Waals surface area contributed by atoms with Crippen molar-refractivity contribution >= 4 is 11.6 Å². The third-order valence-electron chi connectivity index (χ3n) is 3.71. The van der Waals surface area contributed by atoms with Crippen LogP contribution in [-0.2, 0) is 11.3 Å². The first-order valence-electron chi connectivity index (χ1n) is 7.54. The maximum Gasteiger partial charge on any atom is 0.224 e. The van der Waals surface area contributed by atoms with Crippen LogP contribution in [0.2, 0.25) is 0 Å². The van der Waals surface area contributed by atoms with Crippen LogP contribution in [0.1, 0.15) is 31.2 Å². The normalized spacial score (nSPS) is 15.4. The molecule has 0 aromatic heterocycles. The van der Waals surface area contributed by atoms with Crippen LogP contribution < -0.4 is 10.6 Å². The Hall–Kier alpha value is -1.39. The predicted octanol–water partition coefficient (Wildman–Crippen LogP) is 2.22. The molecule has 0 radical (unpaired) electrons. The monoisotopic (exact) mass is 275 g/mol. The van der Waals surface area contributed by atoms with Crippen molar-refractivity contribution in [3.05, 3.63) is 29.8 Å². The molecule has 0 spiro atoms. The van der Waals surface area contributed by atoms with Crippen molar-refractivity contribution < 1.29 is 4.79 Å². The van der Waals surface area contributed by atoms with Crippen LogP contribution >= 0.6 is 0 Å². The van der Waals surface area contributed by atoms with Gasteiger partial charge in [-0.25, -0.2) is 0 Å². The lowest BCUT2D eigenvalue weighted by Gasteiger charge is -2.17. The smallest absolute Gasteiger partial charge is 0.224 e. The summed E-state index contributed by atoms with van der Waals surface area (Å²) < 4.78 is 0. The summed E-state index contributed by atoms with van der Waals surface area (Å²) in [6.07, 6.45) is 4.02. The highest BCUT2D eigenvalue weighted by Gasteiger charge is 2.14. The van der Waals surface area contributed by atoms with Crippen LogP contribution in [0, 0.1) is 0 Å². The highest BCUT2D eigenvalue weighted by molar-refractivity contribution is 5.91. The molecule has 0 unspecified atom stereocenters. The van der Waals surface area contributed by atoms with Crippen LogP contribution in [0.15, 0.2) is 24.3 Å². The van der Waals surface area contributed by atoms with Gasteiger partial charge < -0.3 is 10.6 Å². The standard InChI is InChI=1S/C16H25N3O/c1-17-10-6-9-16(20)18-15-8-3-2-7-14(15)13-19-11-4-5-12-19/h2-3,7-8,17H,4-6,9-13H2,1H3,(H,18,20). The molecule has 1 aliphatic heterocycles. The molecule has 1 aliphatic rings. The van der Waals surface area contributed by atoms with E-state index in [1.54, 1.807) is 0 Å². The lowest BCUT2D eigenvalue weighted by Crippen LogP contribution is -2.21. The van der Waals surface area contributed by atoms with Crippen molar-refractivity contribution in [3.63, 3.8) is 0 Å². The van der Waals surface area contributed by atoms with E-state index in [9.17, 15) is 4.79 Å². The van der Waals surface area contributed by atoms with Crippen molar-refractivity contribution in [2.75, 3.05) is 32.0 Å². The average Bonchev–Trinajstić information content (AvgIpc) is 2.94. The van der Waals surface area contributed by atoms with Gasteiger partial charge in [0.25, 0.3) is 0 Å². The molecule has 20 heavy (non-hydrogen) atoms. The van der Waals surface area contributed by atoms with Crippen molar-refractivity contribution in [1.29, 1.82) is 0 Å². The highest BCUT2D eigenvalue weighted by atomic mass is 16.1. The summed E-state index contributed by atoms with van der Waals surface area (Å²) in [6, 6.07) is 8.14. The van der Waals surface area contributed by atoms with Crippen LogP contribution in [-0.4, -0.2) is 37.5 Å². The fourth-order valence-electron chi connectivity index (χ4n) is 2.60. The topological polar surface area (TPSA) is 44.4 Å². The van der Waals surface area contributed by atoms with E-state index in [-0.39, 0.29) is 5.91 Å². The molecule has 110 valence electrons. The third-order valence-corrected chi connectivity index (χ3v) is 3.71. The first-order chi connectivity index (χ1) is 9.79. The van der Waals surface area contributed by atoms with Crippen molar-refractivity contribution in [2.45, 2.75) is 32.2 Å². The predicted molar refractivity (Wildman–Crippen MR) is 82.7 cm³/mol. The van der Waals surface area contributed by atoms with Crippen LogP contribution in [0.5, 0.6) is 0 Å². The van der Waals surface area contributed by atoms with E-state index >= 15 is 0 Å². The van der Waals surface area contributed by atoms with Crippen LogP contribution in [0.25, 0.3) is 0 Å². The Labute approximate surface area is 121 Å². The largest absolute Gasteiger partial charge is 0.326 e. The van der Waals surface area contributed by atoms with Gasteiger partial charge in [-0.15, -0.1) is 0 Å². The summed E-state index contributed by atoms with van der Waals surface area (Å²) >= 11 is 0. The van der Waals surface area contributed by atoms with Gasteiger partial charge >= 0.3 is 0 Å². The second-order valence-corrected chi connectivity index (χ2v) is 5.40. The molecule has 1 amide bonds. The van der Waals surface area contributed by atoms with Gasteiger partial charge in [0, 0.05) is 18.7 Å². The molecule has 1 heterocycles. The summed E-state index contributed by atoms with van der Waals surface area (Å²) in [6.45, 7) is 4.16. The van der Waals surface area contributed by atoms with E-state index in [4.69, 9.17) is 0 Å². The fraction of sp³-hybridized carbons (Fsp3) is 0.562. The van der Waals surface area contributed by atoms with E-state index in [2.05, 4.69) is 21.6 Å². The molecular weight excluding hydrogens is 250 g/mol. The molecule has 2 rings (SSSR count). The van der Waals surface area contributed by atoms with E-state index in [0.717, 1.165) is 25.2 Å². The van der Waals surface area contributed by atoms with Gasteiger partial charge in [0.15, 0.2) is 0 Å². The van der Waals surface area contributed by atoms with Gasteiger partial charge in [0.1, 0.15) is 0 Å². The molecule has 2 N–H and O–H groups in total. The summed E-state index contributed by atoms with van der Waals surface area (Å²) in [4.78, 5) is 14.4. The van der Waals surface area contributed by atoms with Crippen molar-refractivity contribution in [3.8, 4) is 0 Å². The first-order valence-corrected chi connectivity index (χ1v) is 7.54. The number of hydrogen-bond acceptors (Lipinski definition) is 3. The molecule has 1 aromatic carbocycles. The first kappa shape index (κ1) is 15.0. The third kappa shape index (κ3) is 4.62. The number of anilines is 1. The average molecular weight is 275 g/mol. The number of nitrogens with zero attached hydrogens (tertiary/aromatic N) is 1. The molecule has 1 aromatic rings. The maximum absolute atomic E-state index is 11.9. The SMILES string of the molecule is CNCCCC(=O)Nc1ccccc1CN1CCCC1. The van der Waals surface area contributed by atoms with Gasteiger partial charge in [-0.3, -0.25) is 9.69 Å². The zero-order valence-electron chi connectivity index (χ0n) is 12.3. The van der Waals surface area contributed by atoms with Gasteiger partial charge in [-0.1, -0.05) is 18.2 Å². The minimum absolute atomic E-state index is 0.106. The maximum atomic E-state index is 11.9. The summed E-state index contributed by atoms with van der Waals surface area (Å²) in [5.74, 6) is 0.106. The lowest BCUT2D eigenvalue weighted by molar-refractivity contribution is -0.116. The lowest BCUT2D eigenvalue weighted by atomic mass is 10.1. The molecule has 0 saturated carbocycles. The van der Waals surface area contributed by atoms with Crippen LogP contribution in [0.3, 0.4) is 0 Å². The quantitative estimate of drug-likeness (QED) is 0.750. The number of nitrogens with one attached hydrogen (secondary N) is 2. The van der Waals surface area contributed by atoms with E-state index < -0.39 is 0 Å². The summed E-state index contributed by atoms with van der Waals surface area (Å²) in [7, 11) is 1.91. The minimum Gasteiger partial charge on any atom is -0.326 e. The molecule has 0 atom stereocenters. The van der Waals surface area contributed by atoms with E-state index in [1.165, 1.54) is 31.5 Å².